The van der Waals surface area contributed by atoms with Crippen molar-refractivity contribution in [3.63, 3.8) is 0 Å². The zero-order valence-electron chi connectivity index (χ0n) is 16.3. The first kappa shape index (κ1) is 20.3. The van der Waals surface area contributed by atoms with Crippen molar-refractivity contribution in [1.82, 2.24) is 9.47 Å². The molecule has 2 heterocycles. The van der Waals surface area contributed by atoms with Gasteiger partial charge in [-0.05, 0) is 37.3 Å². The molecular formula is C22H28N2O4. The lowest BCUT2D eigenvalue weighted by molar-refractivity contribution is -0.164. The van der Waals surface area contributed by atoms with Crippen molar-refractivity contribution in [1.29, 1.82) is 0 Å². The van der Waals surface area contributed by atoms with Crippen LogP contribution in [0.4, 0.5) is 0 Å². The van der Waals surface area contributed by atoms with E-state index >= 15 is 0 Å². The van der Waals surface area contributed by atoms with Gasteiger partial charge < -0.3 is 14.8 Å². The third-order valence-corrected chi connectivity index (χ3v) is 5.82. The Morgan fingerprint density at radius 3 is 2.68 bits per heavy atom. The summed E-state index contributed by atoms with van der Waals surface area (Å²) in [5.74, 6) is -0.960. The first-order chi connectivity index (χ1) is 13.4. The van der Waals surface area contributed by atoms with Gasteiger partial charge in [-0.1, -0.05) is 36.4 Å². The van der Waals surface area contributed by atoms with Gasteiger partial charge in [0, 0.05) is 38.4 Å². The normalized spacial score (nSPS) is 22.9. The summed E-state index contributed by atoms with van der Waals surface area (Å²) in [6.45, 7) is 1.22. The first-order valence-electron chi connectivity index (χ1n) is 9.74. The van der Waals surface area contributed by atoms with E-state index in [0.717, 1.165) is 12.0 Å². The maximum absolute atomic E-state index is 12.3. The van der Waals surface area contributed by atoms with Gasteiger partial charge in [-0.15, -0.1) is 0 Å². The van der Waals surface area contributed by atoms with Crippen LogP contribution in [0.15, 0.2) is 53.5 Å². The lowest BCUT2D eigenvalue weighted by Crippen LogP contribution is -2.56. The smallest absolute Gasteiger partial charge is 0.313 e. The Morgan fingerprint density at radius 2 is 1.96 bits per heavy atom. The van der Waals surface area contributed by atoms with Crippen LogP contribution in [-0.2, 0) is 24.8 Å². The van der Waals surface area contributed by atoms with Crippen molar-refractivity contribution in [2.24, 2.45) is 12.5 Å². The van der Waals surface area contributed by atoms with E-state index in [4.69, 9.17) is 0 Å². The minimum atomic E-state index is -1.20. The van der Waals surface area contributed by atoms with Gasteiger partial charge in [-0.3, -0.25) is 14.5 Å². The molecular weight excluding hydrogens is 356 g/mol. The number of likely N-dealkylation sites (tertiary alicyclic amines) is 1. The highest BCUT2D eigenvalue weighted by molar-refractivity contribution is 5.76. The van der Waals surface area contributed by atoms with E-state index in [-0.39, 0.29) is 12.1 Å². The zero-order chi connectivity index (χ0) is 20.1. The largest absolute Gasteiger partial charge is 0.481 e. The Bertz CT molecular complexity index is 864. The number of carboxylic acids is 1. The minimum Gasteiger partial charge on any atom is -0.481 e. The fourth-order valence-electron chi connectivity index (χ4n) is 4.13. The van der Waals surface area contributed by atoms with E-state index in [9.17, 15) is 19.8 Å². The first-order valence-corrected chi connectivity index (χ1v) is 9.74. The molecule has 6 heteroatoms. The molecule has 0 saturated carbocycles. The van der Waals surface area contributed by atoms with Crippen molar-refractivity contribution < 1.29 is 15.0 Å². The predicted molar refractivity (Wildman–Crippen MR) is 107 cm³/mol. The second kappa shape index (κ2) is 8.71. The Labute approximate surface area is 165 Å². The molecule has 2 aromatic rings. The highest BCUT2D eigenvalue weighted by Crippen LogP contribution is 2.36. The number of benzene rings is 1. The van der Waals surface area contributed by atoms with Crippen molar-refractivity contribution >= 4 is 5.97 Å². The second-order valence-corrected chi connectivity index (χ2v) is 7.77. The number of pyridine rings is 1. The molecule has 3 rings (SSSR count). The van der Waals surface area contributed by atoms with Crippen LogP contribution in [0.1, 0.15) is 30.4 Å². The molecule has 2 N–H and O–H groups in total. The molecule has 6 nitrogen and oxygen atoms in total. The third kappa shape index (κ3) is 4.34. The quantitative estimate of drug-likeness (QED) is 0.763. The fourth-order valence-corrected chi connectivity index (χ4v) is 4.13. The number of aliphatic hydroxyl groups excluding tert-OH is 1. The SMILES string of the molecule is Cn1cccc(CN2CC[C@@H](O)[C@](CCCc3ccccc3)(C(=O)O)C2)c1=O. The van der Waals surface area contributed by atoms with Crippen LogP contribution in [0.2, 0.25) is 0 Å². The molecule has 1 fully saturated rings. The molecule has 1 aliphatic heterocycles. The molecule has 1 aromatic heterocycles. The van der Waals surface area contributed by atoms with Gasteiger partial charge >= 0.3 is 5.97 Å². The van der Waals surface area contributed by atoms with E-state index in [1.807, 2.05) is 41.3 Å². The number of aliphatic carboxylic acids is 1. The third-order valence-electron chi connectivity index (χ3n) is 5.82. The van der Waals surface area contributed by atoms with Crippen molar-refractivity contribution in [2.45, 2.75) is 38.3 Å². The molecule has 0 radical (unpaired) electrons. The standard InChI is InChI=1S/C22H28N2O4/c1-23-13-6-10-18(20(23)26)15-24-14-11-19(25)22(16-24,21(27)28)12-5-9-17-7-3-2-4-8-17/h2-4,6-8,10,13,19,25H,5,9,11-12,14-16H2,1H3,(H,27,28)/t19-,22-/m1/s1. The van der Waals surface area contributed by atoms with Crippen molar-refractivity contribution in [2.75, 3.05) is 13.1 Å². The number of aryl methyl sites for hydroxylation is 2. The van der Waals surface area contributed by atoms with Crippen LogP contribution >= 0.6 is 0 Å². The van der Waals surface area contributed by atoms with Crippen LogP contribution < -0.4 is 5.56 Å². The molecule has 0 bridgehead atoms. The van der Waals surface area contributed by atoms with Crippen molar-refractivity contribution in [3.8, 4) is 0 Å². The van der Waals surface area contributed by atoms with Gasteiger partial charge in [-0.2, -0.15) is 0 Å². The summed E-state index contributed by atoms with van der Waals surface area (Å²) in [6.07, 6.45) is 3.09. The van der Waals surface area contributed by atoms with Gasteiger partial charge in [0.1, 0.15) is 5.41 Å². The summed E-state index contributed by atoms with van der Waals surface area (Å²) in [6, 6.07) is 13.6. The van der Waals surface area contributed by atoms with E-state index in [0.29, 0.717) is 37.9 Å². The molecule has 150 valence electrons. The number of nitrogens with zero attached hydrogens (tertiary/aromatic N) is 2. The maximum atomic E-state index is 12.3. The van der Waals surface area contributed by atoms with Crippen LogP contribution in [0.3, 0.4) is 0 Å². The minimum absolute atomic E-state index is 0.0707. The van der Waals surface area contributed by atoms with Gasteiger partial charge in [0.15, 0.2) is 0 Å². The highest BCUT2D eigenvalue weighted by atomic mass is 16.4. The van der Waals surface area contributed by atoms with Crippen LogP contribution in [0.5, 0.6) is 0 Å². The number of hydrogen-bond acceptors (Lipinski definition) is 4. The number of carbonyl (C=O) groups is 1. The van der Waals surface area contributed by atoms with Gasteiger partial charge in [0.25, 0.3) is 5.56 Å². The Hall–Kier alpha value is -2.44. The summed E-state index contributed by atoms with van der Waals surface area (Å²) in [5.41, 5.74) is 0.536. The average Bonchev–Trinajstić information content (AvgIpc) is 2.68. The van der Waals surface area contributed by atoms with E-state index in [2.05, 4.69) is 0 Å². The van der Waals surface area contributed by atoms with E-state index in [1.54, 1.807) is 19.3 Å². The lowest BCUT2D eigenvalue weighted by atomic mass is 9.73. The fraction of sp³-hybridized carbons (Fsp3) is 0.455. The maximum Gasteiger partial charge on any atom is 0.313 e. The number of rotatable bonds is 7. The molecule has 2 atom stereocenters. The molecule has 0 aliphatic carbocycles. The van der Waals surface area contributed by atoms with Gasteiger partial charge in [0.2, 0.25) is 0 Å². The number of aliphatic hydroxyl groups is 1. The predicted octanol–water partition coefficient (Wildman–Crippen LogP) is 2.05. The van der Waals surface area contributed by atoms with Gasteiger partial charge in [-0.25, -0.2) is 0 Å². The Balaban J connectivity index is 1.72. The van der Waals surface area contributed by atoms with E-state index in [1.165, 1.54) is 4.57 Å². The zero-order valence-corrected chi connectivity index (χ0v) is 16.3. The highest BCUT2D eigenvalue weighted by Gasteiger charge is 2.48. The lowest BCUT2D eigenvalue weighted by Gasteiger charge is -2.43. The molecule has 1 aromatic carbocycles. The Kier molecular flexibility index (Phi) is 6.31. The monoisotopic (exact) mass is 384 g/mol. The average molecular weight is 384 g/mol. The molecule has 0 amide bonds. The number of hydrogen-bond donors (Lipinski definition) is 2. The molecule has 1 aliphatic rings. The molecule has 28 heavy (non-hydrogen) atoms. The summed E-state index contributed by atoms with van der Waals surface area (Å²) in [7, 11) is 1.71. The number of piperidine rings is 1. The second-order valence-electron chi connectivity index (χ2n) is 7.77. The van der Waals surface area contributed by atoms with Crippen LogP contribution in [0.25, 0.3) is 0 Å². The summed E-state index contributed by atoms with van der Waals surface area (Å²) >= 11 is 0. The molecule has 0 unspecified atom stereocenters. The summed E-state index contributed by atoms with van der Waals surface area (Å²) in [5, 5.41) is 20.6. The number of aromatic nitrogens is 1. The molecule has 0 spiro atoms. The van der Waals surface area contributed by atoms with Crippen LogP contribution in [-0.4, -0.2) is 44.8 Å². The molecule has 1 saturated heterocycles. The summed E-state index contributed by atoms with van der Waals surface area (Å²) in [4.78, 5) is 26.5. The summed E-state index contributed by atoms with van der Waals surface area (Å²) < 4.78 is 1.53. The van der Waals surface area contributed by atoms with E-state index < -0.39 is 17.5 Å². The number of carboxylic acid groups (broad SMARTS) is 1. The topological polar surface area (TPSA) is 82.8 Å². The Morgan fingerprint density at radius 1 is 1.21 bits per heavy atom. The van der Waals surface area contributed by atoms with Gasteiger partial charge in [0.05, 0.1) is 6.10 Å². The van der Waals surface area contributed by atoms with Crippen molar-refractivity contribution in [3.05, 3.63) is 70.1 Å². The van der Waals surface area contributed by atoms with Crippen LogP contribution in [0, 0.1) is 5.41 Å².